The van der Waals surface area contributed by atoms with Crippen LogP contribution in [0, 0.1) is 0 Å². The maximum absolute atomic E-state index is 6.42. The summed E-state index contributed by atoms with van der Waals surface area (Å²) in [6, 6.07) is 10.3. The number of hydrogen-bond donors (Lipinski definition) is 1. The Morgan fingerprint density at radius 1 is 1.19 bits per heavy atom. The molecule has 0 fully saturated rings. The largest absolute Gasteiger partial charge is 0.354 e. The lowest BCUT2D eigenvalue weighted by Crippen LogP contribution is -1.91. The number of fused-ring (bicyclic) bond motifs is 3. The summed E-state index contributed by atoms with van der Waals surface area (Å²) in [5.74, 6) is 0. The summed E-state index contributed by atoms with van der Waals surface area (Å²) < 4.78 is 1.05. The number of benzene rings is 1. The van der Waals surface area contributed by atoms with Gasteiger partial charge in [-0.25, -0.2) is 4.98 Å². The third-order valence-corrected chi connectivity index (χ3v) is 5.01. The molecule has 0 aliphatic heterocycles. The number of H-pyrrole nitrogens is 1. The number of hydrogen-bond acceptors (Lipinski definition) is 2. The van der Waals surface area contributed by atoms with E-state index in [1.807, 2.05) is 6.07 Å². The van der Waals surface area contributed by atoms with E-state index in [1.165, 1.54) is 5.56 Å². The second kappa shape index (κ2) is 5.13. The van der Waals surface area contributed by atoms with Crippen LogP contribution >= 0.6 is 38.9 Å². The van der Waals surface area contributed by atoms with Crippen molar-refractivity contribution in [2.24, 2.45) is 0 Å². The zero-order valence-corrected chi connectivity index (χ0v) is 14.0. The van der Waals surface area contributed by atoms with Gasteiger partial charge in [-0.2, -0.15) is 11.3 Å². The highest BCUT2D eigenvalue weighted by atomic mass is 79.9. The van der Waals surface area contributed by atoms with Crippen molar-refractivity contribution in [1.29, 1.82) is 0 Å². The molecule has 0 saturated heterocycles. The van der Waals surface area contributed by atoms with E-state index in [2.05, 4.69) is 60.9 Å². The molecule has 1 aromatic carbocycles. The van der Waals surface area contributed by atoms with Crippen LogP contribution in [0.15, 0.2) is 45.6 Å². The number of pyridine rings is 1. The fourth-order valence-corrected chi connectivity index (χ4v) is 3.94. The van der Waals surface area contributed by atoms with Crippen molar-refractivity contribution >= 4 is 60.7 Å². The molecule has 0 atom stereocenters. The molecule has 4 rings (SSSR count). The van der Waals surface area contributed by atoms with Gasteiger partial charge in [-0.1, -0.05) is 33.6 Å². The number of rotatable bonds is 2. The van der Waals surface area contributed by atoms with Gasteiger partial charge in [0.1, 0.15) is 5.15 Å². The van der Waals surface area contributed by atoms with Gasteiger partial charge in [-0.3, -0.25) is 0 Å². The Balaban J connectivity index is 1.91. The van der Waals surface area contributed by atoms with Crippen molar-refractivity contribution in [3.8, 4) is 0 Å². The van der Waals surface area contributed by atoms with E-state index in [0.29, 0.717) is 5.15 Å². The van der Waals surface area contributed by atoms with E-state index in [9.17, 15) is 0 Å². The second-order valence-electron chi connectivity index (χ2n) is 4.95. The van der Waals surface area contributed by atoms with Crippen LogP contribution in [-0.2, 0) is 6.42 Å². The van der Waals surface area contributed by atoms with Crippen LogP contribution in [0.5, 0.6) is 0 Å². The first-order chi connectivity index (χ1) is 10.2. The van der Waals surface area contributed by atoms with Crippen molar-refractivity contribution in [2.45, 2.75) is 6.42 Å². The molecule has 4 aromatic rings. The molecular weight excluding hydrogens is 368 g/mol. The number of nitrogens with zero attached hydrogens (tertiary/aromatic N) is 1. The molecule has 2 nitrogen and oxygen atoms in total. The van der Waals surface area contributed by atoms with Gasteiger partial charge in [0, 0.05) is 32.9 Å². The van der Waals surface area contributed by atoms with Crippen LogP contribution in [0.4, 0.5) is 0 Å². The fraction of sp³-hybridized carbons (Fsp3) is 0.0625. The van der Waals surface area contributed by atoms with Gasteiger partial charge in [-0.05, 0) is 40.6 Å². The van der Waals surface area contributed by atoms with Crippen LogP contribution in [0.25, 0.3) is 21.8 Å². The molecule has 1 N–H and O–H groups in total. The van der Waals surface area contributed by atoms with Gasteiger partial charge in [0.25, 0.3) is 0 Å². The number of aromatic nitrogens is 2. The third kappa shape index (κ3) is 2.37. The first kappa shape index (κ1) is 13.3. The van der Waals surface area contributed by atoms with Crippen molar-refractivity contribution in [2.75, 3.05) is 0 Å². The molecule has 3 aromatic heterocycles. The first-order valence-electron chi connectivity index (χ1n) is 6.48. The Labute approximate surface area is 138 Å². The number of nitrogens with one attached hydrogen (secondary N) is 1. The van der Waals surface area contributed by atoms with Gasteiger partial charge in [0.15, 0.2) is 0 Å². The lowest BCUT2D eigenvalue weighted by molar-refractivity contribution is 1.09. The van der Waals surface area contributed by atoms with Gasteiger partial charge in [0.2, 0.25) is 0 Å². The van der Waals surface area contributed by atoms with E-state index in [0.717, 1.165) is 38.4 Å². The molecule has 0 aliphatic rings. The minimum atomic E-state index is 0.561. The third-order valence-electron chi connectivity index (χ3n) is 3.51. The van der Waals surface area contributed by atoms with E-state index in [4.69, 9.17) is 11.6 Å². The molecule has 0 aliphatic carbocycles. The topological polar surface area (TPSA) is 28.7 Å². The second-order valence-corrected chi connectivity index (χ2v) is 7.00. The molecule has 0 radical (unpaired) electrons. The molecule has 104 valence electrons. The quantitative estimate of drug-likeness (QED) is 0.440. The van der Waals surface area contributed by atoms with Gasteiger partial charge in [-0.15, -0.1) is 0 Å². The van der Waals surface area contributed by atoms with Crippen molar-refractivity contribution in [3.05, 3.63) is 62.0 Å². The van der Waals surface area contributed by atoms with E-state index < -0.39 is 0 Å². The number of halogens is 2. The zero-order valence-electron chi connectivity index (χ0n) is 10.9. The predicted molar refractivity (Wildman–Crippen MR) is 93.4 cm³/mol. The first-order valence-corrected chi connectivity index (χ1v) is 8.59. The van der Waals surface area contributed by atoms with Crippen molar-refractivity contribution < 1.29 is 0 Å². The number of aromatic amines is 1. The van der Waals surface area contributed by atoms with Crippen LogP contribution in [0.2, 0.25) is 5.15 Å². The van der Waals surface area contributed by atoms with E-state index in [1.54, 1.807) is 11.3 Å². The molecule has 0 spiro atoms. The number of thiophene rings is 1. The fourth-order valence-electron chi connectivity index (χ4n) is 2.59. The molecule has 0 amide bonds. The molecule has 0 saturated carbocycles. The minimum absolute atomic E-state index is 0.561. The van der Waals surface area contributed by atoms with Crippen molar-refractivity contribution in [1.82, 2.24) is 9.97 Å². The highest BCUT2D eigenvalue weighted by Gasteiger charge is 2.11. The summed E-state index contributed by atoms with van der Waals surface area (Å²) in [5.41, 5.74) is 4.35. The summed E-state index contributed by atoms with van der Waals surface area (Å²) in [6.07, 6.45) is 0.804. The predicted octanol–water partition coefficient (Wildman–Crippen LogP) is 5.78. The summed E-state index contributed by atoms with van der Waals surface area (Å²) in [6.45, 7) is 0. The monoisotopic (exact) mass is 376 g/mol. The smallest absolute Gasteiger partial charge is 0.139 e. The maximum atomic E-state index is 6.42. The molecule has 0 unspecified atom stereocenters. The normalized spacial score (nSPS) is 11.5. The summed E-state index contributed by atoms with van der Waals surface area (Å²) in [7, 11) is 0. The van der Waals surface area contributed by atoms with Crippen LogP contribution in [-0.4, -0.2) is 9.97 Å². The molecule has 5 heteroatoms. The Morgan fingerprint density at radius 2 is 2.10 bits per heavy atom. The molecule has 21 heavy (non-hydrogen) atoms. The Bertz CT molecular complexity index is 944. The standard InChI is InChI=1S/C16H10BrClN2S/c17-10-1-2-12-13(6-10)20-14-7-11(19-16(18)15(12)14)5-9-3-4-21-8-9/h1-4,6-8,20H,5H2. The van der Waals surface area contributed by atoms with Crippen molar-refractivity contribution in [3.63, 3.8) is 0 Å². The Morgan fingerprint density at radius 3 is 2.90 bits per heavy atom. The highest BCUT2D eigenvalue weighted by Crippen LogP contribution is 2.32. The van der Waals surface area contributed by atoms with Crippen LogP contribution in [0.3, 0.4) is 0 Å². The lowest BCUT2D eigenvalue weighted by Gasteiger charge is -2.01. The highest BCUT2D eigenvalue weighted by molar-refractivity contribution is 9.10. The molecule has 0 bridgehead atoms. The average molecular weight is 378 g/mol. The lowest BCUT2D eigenvalue weighted by atomic mass is 10.1. The average Bonchev–Trinajstić information content (AvgIpc) is 3.05. The van der Waals surface area contributed by atoms with Crippen LogP contribution < -0.4 is 0 Å². The minimum Gasteiger partial charge on any atom is -0.354 e. The maximum Gasteiger partial charge on any atom is 0.139 e. The van der Waals surface area contributed by atoms with E-state index >= 15 is 0 Å². The molecule has 3 heterocycles. The Kier molecular flexibility index (Phi) is 3.25. The summed E-state index contributed by atoms with van der Waals surface area (Å²) in [5, 5.41) is 6.88. The van der Waals surface area contributed by atoms with Gasteiger partial charge >= 0.3 is 0 Å². The van der Waals surface area contributed by atoms with Crippen LogP contribution in [0.1, 0.15) is 11.3 Å². The SMILES string of the molecule is Clc1nc(Cc2ccsc2)cc2[nH]c3cc(Br)ccc3c12. The Hall–Kier alpha value is -1.36. The summed E-state index contributed by atoms with van der Waals surface area (Å²) >= 11 is 11.6. The van der Waals surface area contributed by atoms with Gasteiger partial charge < -0.3 is 4.98 Å². The van der Waals surface area contributed by atoms with Gasteiger partial charge in [0.05, 0.1) is 5.52 Å². The molecular formula is C16H10BrClN2S. The van der Waals surface area contributed by atoms with E-state index in [-0.39, 0.29) is 0 Å². The summed E-state index contributed by atoms with van der Waals surface area (Å²) in [4.78, 5) is 7.99. The zero-order chi connectivity index (χ0) is 14.4.